The second-order valence-corrected chi connectivity index (χ2v) is 6.24. The summed E-state index contributed by atoms with van der Waals surface area (Å²) < 4.78 is 0. The van der Waals surface area contributed by atoms with Crippen molar-refractivity contribution < 1.29 is 0 Å². The van der Waals surface area contributed by atoms with Crippen LogP contribution in [-0.4, -0.2) is 13.1 Å². The molecule has 1 saturated carbocycles. The minimum atomic E-state index is 0.711. The van der Waals surface area contributed by atoms with E-state index in [1.54, 1.807) is 0 Å². The molecule has 17 heavy (non-hydrogen) atoms. The second kappa shape index (κ2) is 4.45. The van der Waals surface area contributed by atoms with E-state index >= 15 is 0 Å². The predicted octanol–water partition coefficient (Wildman–Crippen LogP) is 3.32. The van der Waals surface area contributed by atoms with Crippen LogP contribution in [0.15, 0.2) is 24.3 Å². The summed E-state index contributed by atoms with van der Waals surface area (Å²) in [7, 11) is 0. The molecule has 0 radical (unpaired) electrons. The van der Waals surface area contributed by atoms with Crippen LogP contribution in [-0.2, 0) is 6.42 Å². The maximum Gasteiger partial charge on any atom is 0.00202 e. The van der Waals surface area contributed by atoms with Crippen molar-refractivity contribution in [2.45, 2.75) is 39.0 Å². The highest BCUT2D eigenvalue weighted by Crippen LogP contribution is 2.42. The fourth-order valence-corrected chi connectivity index (χ4v) is 3.50. The van der Waals surface area contributed by atoms with Crippen molar-refractivity contribution in [2.24, 2.45) is 11.3 Å². The van der Waals surface area contributed by atoms with E-state index in [2.05, 4.69) is 36.5 Å². The molecule has 0 unspecified atom stereocenters. The Morgan fingerprint density at radius 2 is 2.00 bits per heavy atom. The number of benzene rings is 1. The molecule has 0 atom stereocenters. The lowest BCUT2D eigenvalue weighted by atomic mass is 9.66. The van der Waals surface area contributed by atoms with Crippen molar-refractivity contribution >= 4 is 0 Å². The summed E-state index contributed by atoms with van der Waals surface area (Å²) in [6.45, 7) is 4.76. The van der Waals surface area contributed by atoms with E-state index < -0.39 is 0 Å². The minimum absolute atomic E-state index is 0.711. The first-order valence-electron chi connectivity index (χ1n) is 7.02. The highest BCUT2D eigenvalue weighted by Gasteiger charge is 2.39. The summed E-state index contributed by atoms with van der Waals surface area (Å²) in [4.78, 5) is 0. The fourth-order valence-electron chi connectivity index (χ4n) is 3.50. The quantitative estimate of drug-likeness (QED) is 0.820. The van der Waals surface area contributed by atoms with Crippen LogP contribution in [0.3, 0.4) is 0 Å². The molecule has 1 aromatic carbocycles. The number of hydrogen-bond acceptors (Lipinski definition) is 1. The van der Waals surface area contributed by atoms with Gasteiger partial charge in [0.1, 0.15) is 0 Å². The van der Waals surface area contributed by atoms with Crippen molar-refractivity contribution in [3.8, 4) is 0 Å². The second-order valence-electron chi connectivity index (χ2n) is 6.24. The monoisotopic (exact) mass is 229 g/mol. The van der Waals surface area contributed by atoms with Crippen LogP contribution in [0.1, 0.15) is 36.8 Å². The first-order valence-corrected chi connectivity index (χ1v) is 7.02. The molecule has 0 amide bonds. The van der Waals surface area contributed by atoms with Gasteiger partial charge in [0.2, 0.25) is 0 Å². The van der Waals surface area contributed by atoms with Gasteiger partial charge in [-0.05, 0) is 55.9 Å². The SMILES string of the molecule is Cc1cccc(CC2CCC3(CC2)CNC3)c1. The van der Waals surface area contributed by atoms with E-state index in [9.17, 15) is 0 Å². The molecule has 0 bridgehead atoms. The Kier molecular flexibility index (Phi) is 2.96. The molecule has 1 heteroatoms. The molecular formula is C16H23N. The molecule has 92 valence electrons. The Hall–Kier alpha value is -0.820. The molecule has 1 spiro atoms. The third-order valence-electron chi connectivity index (χ3n) is 4.77. The number of rotatable bonds is 2. The van der Waals surface area contributed by atoms with E-state index in [1.807, 2.05) is 0 Å². The Bertz CT molecular complexity index is 382. The Morgan fingerprint density at radius 1 is 1.24 bits per heavy atom. The Labute approximate surface area is 105 Å². The molecule has 1 saturated heterocycles. The van der Waals surface area contributed by atoms with Crippen molar-refractivity contribution in [3.63, 3.8) is 0 Å². The molecule has 3 rings (SSSR count). The number of hydrogen-bond donors (Lipinski definition) is 1. The van der Waals surface area contributed by atoms with E-state index in [0.717, 1.165) is 5.92 Å². The zero-order valence-electron chi connectivity index (χ0n) is 10.8. The van der Waals surface area contributed by atoms with Crippen molar-refractivity contribution in [3.05, 3.63) is 35.4 Å². The standard InChI is InChI=1S/C16H23N/c1-13-3-2-4-15(9-13)10-14-5-7-16(8-6-14)11-17-12-16/h2-4,9,14,17H,5-8,10-12H2,1H3. The Balaban J connectivity index is 1.57. The summed E-state index contributed by atoms with van der Waals surface area (Å²) in [5, 5.41) is 3.44. The van der Waals surface area contributed by atoms with Crippen LogP contribution < -0.4 is 5.32 Å². The zero-order valence-corrected chi connectivity index (χ0v) is 10.8. The summed E-state index contributed by atoms with van der Waals surface area (Å²) in [6, 6.07) is 9.04. The normalized spacial score (nSPS) is 23.6. The highest BCUT2D eigenvalue weighted by molar-refractivity contribution is 5.22. The summed E-state index contributed by atoms with van der Waals surface area (Å²) in [5.74, 6) is 0.933. The molecule has 1 aliphatic heterocycles. The van der Waals surface area contributed by atoms with E-state index in [0.29, 0.717) is 5.41 Å². The van der Waals surface area contributed by atoms with E-state index in [4.69, 9.17) is 0 Å². The third-order valence-corrected chi connectivity index (χ3v) is 4.77. The average molecular weight is 229 g/mol. The first-order chi connectivity index (χ1) is 8.26. The molecule has 1 N–H and O–H groups in total. The van der Waals surface area contributed by atoms with Crippen LogP contribution in [0.5, 0.6) is 0 Å². The smallest absolute Gasteiger partial charge is 0.00202 e. The van der Waals surface area contributed by atoms with E-state index in [1.165, 1.54) is 56.3 Å². The largest absolute Gasteiger partial charge is 0.316 e. The van der Waals surface area contributed by atoms with Crippen LogP contribution in [0.4, 0.5) is 0 Å². The topological polar surface area (TPSA) is 12.0 Å². The van der Waals surface area contributed by atoms with Gasteiger partial charge in [0.25, 0.3) is 0 Å². The fraction of sp³-hybridized carbons (Fsp3) is 0.625. The lowest BCUT2D eigenvalue weighted by Gasteiger charge is -2.47. The van der Waals surface area contributed by atoms with Gasteiger partial charge in [-0.3, -0.25) is 0 Å². The lowest BCUT2D eigenvalue weighted by molar-refractivity contribution is 0.0818. The molecule has 0 aromatic heterocycles. The predicted molar refractivity (Wildman–Crippen MR) is 72.1 cm³/mol. The summed E-state index contributed by atoms with van der Waals surface area (Å²) in [6.07, 6.45) is 7.09. The van der Waals surface area contributed by atoms with Crippen LogP contribution in [0.25, 0.3) is 0 Å². The van der Waals surface area contributed by atoms with Crippen LogP contribution >= 0.6 is 0 Å². The molecule has 2 fully saturated rings. The Morgan fingerprint density at radius 3 is 2.59 bits per heavy atom. The third kappa shape index (κ3) is 2.40. The number of nitrogens with one attached hydrogen (secondary N) is 1. The lowest BCUT2D eigenvalue weighted by Crippen LogP contribution is -2.54. The van der Waals surface area contributed by atoms with Crippen LogP contribution in [0.2, 0.25) is 0 Å². The molecule has 1 aliphatic carbocycles. The van der Waals surface area contributed by atoms with Gasteiger partial charge in [-0.25, -0.2) is 0 Å². The maximum absolute atomic E-state index is 3.44. The van der Waals surface area contributed by atoms with Crippen LogP contribution in [0, 0.1) is 18.3 Å². The van der Waals surface area contributed by atoms with Gasteiger partial charge in [-0.15, -0.1) is 0 Å². The molecule has 1 aromatic rings. The van der Waals surface area contributed by atoms with Gasteiger partial charge in [0, 0.05) is 13.1 Å². The van der Waals surface area contributed by atoms with Gasteiger partial charge in [-0.2, -0.15) is 0 Å². The number of aryl methyl sites for hydroxylation is 1. The van der Waals surface area contributed by atoms with Crippen molar-refractivity contribution in [1.29, 1.82) is 0 Å². The molecule has 1 nitrogen and oxygen atoms in total. The van der Waals surface area contributed by atoms with Crippen molar-refractivity contribution in [1.82, 2.24) is 5.32 Å². The highest BCUT2D eigenvalue weighted by atomic mass is 15.0. The van der Waals surface area contributed by atoms with Gasteiger partial charge in [0.15, 0.2) is 0 Å². The minimum Gasteiger partial charge on any atom is -0.316 e. The maximum atomic E-state index is 3.44. The van der Waals surface area contributed by atoms with Gasteiger partial charge >= 0.3 is 0 Å². The van der Waals surface area contributed by atoms with Gasteiger partial charge in [-0.1, -0.05) is 29.8 Å². The van der Waals surface area contributed by atoms with E-state index in [-0.39, 0.29) is 0 Å². The zero-order chi connectivity index (χ0) is 11.7. The molecule has 1 heterocycles. The van der Waals surface area contributed by atoms with Crippen molar-refractivity contribution in [2.75, 3.05) is 13.1 Å². The first kappa shape index (κ1) is 11.3. The van der Waals surface area contributed by atoms with Gasteiger partial charge in [0.05, 0.1) is 0 Å². The summed E-state index contributed by atoms with van der Waals surface area (Å²) >= 11 is 0. The molecular weight excluding hydrogens is 206 g/mol. The molecule has 2 aliphatic rings. The average Bonchev–Trinajstić information content (AvgIpc) is 2.28. The van der Waals surface area contributed by atoms with Gasteiger partial charge < -0.3 is 5.32 Å². The summed E-state index contributed by atoms with van der Waals surface area (Å²) in [5.41, 5.74) is 3.65.